The van der Waals surface area contributed by atoms with Gasteiger partial charge in [0.1, 0.15) is 0 Å². The Hall–Kier alpha value is -2.60. The van der Waals surface area contributed by atoms with Gasteiger partial charge in [0, 0.05) is 5.41 Å². The number of unbranched alkanes of at least 4 members (excludes halogenated alkanes) is 6. The molecule has 184 valence electrons. The van der Waals surface area contributed by atoms with E-state index >= 15 is 0 Å². The van der Waals surface area contributed by atoms with Crippen molar-refractivity contribution >= 4 is 12.2 Å². The summed E-state index contributed by atoms with van der Waals surface area (Å²) in [5, 5.41) is 0. The van der Waals surface area contributed by atoms with Crippen molar-refractivity contribution in [3.8, 4) is 11.1 Å². The van der Waals surface area contributed by atoms with Crippen LogP contribution in [0.2, 0.25) is 0 Å². The summed E-state index contributed by atoms with van der Waals surface area (Å²) in [4.78, 5) is 0. The summed E-state index contributed by atoms with van der Waals surface area (Å²) in [6.07, 6.45) is 17.7. The molecule has 0 N–H and O–H groups in total. The molecule has 0 saturated carbocycles. The van der Waals surface area contributed by atoms with Crippen LogP contribution in [0.3, 0.4) is 0 Å². The van der Waals surface area contributed by atoms with E-state index in [2.05, 4.69) is 101 Å². The molecule has 3 aromatic rings. The number of aryl methyl sites for hydroxylation is 2. The zero-order valence-electron chi connectivity index (χ0n) is 22.5. The van der Waals surface area contributed by atoms with E-state index in [4.69, 9.17) is 0 Å². The molecule has 1 aliphatic carbocycles. The Kier molecular flexibility index (Phi) is 8.66. The van der Waals surface area contributed by atoms with Gasteiger partial charge in [0.15, 0.2) is 0 Å². The molecule has 1 aliphatic rings. The van der Waals surface area contributed by atoms with E-state index in [9.17, 15) is 0 Å². The smallest absolute Gasteiger partial charge is 0.0215 e. The van der Waals surface area contributed by atoms with Crippen LogP contribution < -0.4 is 0 Å². The molecule has 0 unspecified atom stereocenters. The van der Waals surface area contributed by atoms with Crippen molar-refractivity contribution in [1.82, 2.24) is 0 Å². The van der Waals surface area contributed by atoms with Crippen LogP contribution in [-0.2, 0) is 5.41 Å². The van der Waals surface area contributed by atoms with Crippen LogP contribution in [0.4, 0.5) is 0 Å². The molecule has 0 spiro atoms. The maximum atomic E-state index is 2.52. The lowest BCUT2D eigenvalue weighted by Crippen LogP contribution is -2.25. The average Bonchev–Trinajstić information content (AvgIpc) is 3.13. The van der Waals surface area contributed by atoms with Crippen LogP contribution in [0.25, 0.3) is 23.3 Å². The fourth-order valence-electron chi connectivity index (χ4n) is 5.97. The monoisotopic (exact) mass is 464 g/mol. The van der Waals surface area contributed by atoms with Crippen LogP contribution in [0, 0.1) is 13.8 Å². The Morgan fingerprint density at radius 2 is 1.06 bits per heavy atom. The second-order valence-electron chi connectivity index (χ2n) is 10.8. The zero-order valence-corrected chi connectivity index (χ0v) is 22.5. The lowest BCUT2D eigenvalue weighted by atomic mass is 9.70. The Morgan fingerprint density at radius 1 is 0.543 bits per heavy atom. The fourth-order valence-corrected chi connectivity index (χ4v) is 5.97. The first-order valence-electron chi connectivity index (χ1n) is 14.1. The summed E-state index contributed by atoms with van der Waals surface area (Å²) in [5.74, 6) is 0. The second-order valence-corrected chi connectivity index (χ2v) is 10.8. The third-order valence-corrected chi connectivity index (χ3v) is 8.00. The first-order chi connectivity index (χ1) is 17.1. The molecule has 4 rings (SSSR count). The van der Waals surface area contributed by atoms with Crippen molar-refractivity contribution in [2.75, 3.05) is 0 Å². The van der Waals surface area contributed by atoms with Gasteiger partial charge in [-0.1, -0.05) is 149 Å². The van der Waals surface area contributed by atoms with Crippen LogP contribution in [0.5, 0.6) is 0 Å². The number of benzene rings is 3. The number of fused-ring (bicyclic) bond motifs is 3. The first-order valence-corrected chi connectivity index (χ1v) is 14.1. The van der Waals surface area contributed by atoms with Crippen molar-refractivity contribution < 1.29 is 0 Å². The van der Waals surface area contributed by atoms with Crippen LogP contribution in [0.1, 0.15) is 111 Å². The lowest BCUT2D eigenvalue weighted by molar-refractivity contribution is 0.401. The SMILES string of the molecule is CCCCCCC1(CCCCCC)c2cc(C)ccc2-c2ccc(/C=C/c3ccc(C)cc3)cc21. The summed E-state index contributed by atoms with van der Waals surface area (Å²) >= 11 is 0. The molecule has 0 atom stereocenters. The van der Waals surface area contributed by atoms with E-state index < -0.39 is 0 Å². The van der Waals surface area contributed by atoms with Gasteiger partial charge >= 0.3 is 0 Å². The quantitative estimate of drug-likeness (QED) is 0.185. The minimum Gasteiger partial charge on any atom is -0.0654 e. The standard InChI is InChI=1S/C35H44/c1-5-7-9-11-23-35(24-12-10-8-6-2)33-25-28(4)15-21-31(33)32-22-20-30(26-34(32)35)19-18-29-16-13-27(3)14-17-29/h13-22,25-26H,5-12,23-24H2,1-4H3/b19-18+. The molecule has 0 fully saturated rings. The Bertz CT molecular complexity index is 1120. The molecule has 0 heterocycles. The molecular weight excluding hydrogens is 420 g/mol. The van der Waals surface area contributed by atoms with Crippen molar-refractivity contribution in [3.05, 3.63) is 94.0 Å². The normalized spacial score (nSPS) is 13.8. The van der Waals surface area contributed by atoms with Gasteiger partial charge in [0.2, 0.25) is 0 Å². The number of hydrogen-bond acceptors (Lipinski definition) is 0. The van der Waals surface area contributed by atoms with Gasteiger partial charge in [-0.25, -0.2) is 0 Å². The van der Waals surface area contributed by atoms with Gasteiger partial charge < -0.3 is 0 Å². The summed E-state index contributed by atoms with van der Waals surface area (Å²) in [6.45, 7) is 9.04. The Morgan fingerprint density at radius 3 is 1.69 bits per heavy atom. The summed E-state index contributed by atoms with van der Waals surface area (Å²) in [5.41, 5.74) is 11.6. The van der Waals surface area contributed by atoms with Crippen LogP contribution in [0.15, 0.2) is 60.7 Å². The molecule has 3 aromatic carbocycles. The minimum absolute atomic E-state index is 0.159. The highest BCUT2D eigenvalue weighted by molar-refractivity contribution is 5.83. The maximum Gasteiger partial charge on any atom is 0.0215 e. The summed E-state index contributed by atoms with van der Waals surface area (Å²) < 4.78 is 0. The van der Waals surface area contributed by atoms with Gasteiger partial charge in [-0.3, -0.25) is 0 Å². The topological polar surface area (TPSA) is 0 Å². The molecule has 0 aliphatic heterocycles. The summed E-state index contributed by atoms with van der Waals surface area (Å²) in [6, 6.07) is 23.3. The van der Waals surface area contributed by atoms with E-state index in [1.54, 1.807) is 11.1 Å². The number of rotatable bonds is 12. The molecule has 0 saturated heterocycles. The first kappa shape index (κ1) is 25.5. The van der Waals surface area contributed by atoms with Crippen LogP contribution in [-0.4, -0.2) is 0 Å². The Labute approximate surface area is 214 Å². The predicted octanol–water partition coefficient (Wildman–Crippen LogP) is 10.7. The van der Waals surface area contributed by atoms with Gasteiger partial charge in [0.25, 0.3) is 0 Å². The van der Waals surface area contributed by atoms with Crippen molar-refractivity contribution in [3.63, 3.8) is 0 Å². The molecule has 0 heteroatoms. The Balaban J connectivity index is 1.74. The molecule has 0 amide bonds. The van der Waals surface area contributed by atoms with Crippen LogP contribution >= 0.6 is 0 Å². The molecule has 35 heavy (non-hydrogen) atoms. The lowest BCUT2D eigenvalue weighted by Gasteiger charge is -2.33. The van der Waals surface area contributed by atoms with Gasteiger partial charge in [-0.15, -0.1) is 0 Å². The largest absolute Gasteiger partial charge is 0.0654 e. The molecule has 0 bridgehead atoms. The molecule has 0 aromatic heterocycles. The number of hydrogen-bond donors (Lipinski definition) is 0. The van der Waals surface area contributed by atoms with E-state index in [0.29, 0.717) is 0 Å². The predicted molar refractivity (Wildman–Crippen MR) is 155 cm³/mol. The molecular formula is C35H44. The van der Waals surface area contributed by atoms with Gasteiger partial charge in [-0.05, 0) is 60.1 Å². The minimum atomic E-state index is 0.159. The fraction of sp³-hybridized carbons (Fsp3) is 0.429. The second kappa shape index (κ2) is 11.9. The average molecular weight is 465 g/mol. The highest BCUT2D eigenvalue weighted by Crippen LogP contribution is 2.54. The van der Waals surface area contributed by atoms with E-state index in [-0.39, 0.29) is 5.41 Å². The van der Waals surface area contributed by atoms with Gasteiger partial charge in [-0.2, -0.15) is 0 Å². The molecule has 0 radical (unpaired) electrons. The molecule has 0 nitrogen and oxygen atoms in total. The van der Waals surface area contributed by atoms with Crippen molar-refractivity contribution in [2.45, 2.75) is 97.3 Å². The van der Waals surface area contributed by atoms with Crippen molar-refractivity contribution in [2.24, 2.45) is 0 Å². The van der Waals surface area contributed by atoms with E-state index in [0.717, 1.165) is 0 Å². The highest BCUT2D eigenvalue weighted by Gasteiger charge is 2.42. The summed E-state index contributed by atoms with van der Waals surface area (Å²) in [7, 11) is 0. The third kappa shape index (κ3) is 5.80. The third-order valence-electron chi connectivity index (χ3n) is 8.00. The maximum absolute atomic E-state index is 2.52. The van der Waals surface area contributed by atoms with Gasteiger partial charge in [0.05, 0.1) is 0 Å². The highest BCUT2D eigenvalue weighted by atomic mass is 14.4. The van der Waals surface area contributed by atoms with E-state index in [1.807, 2.05) is 0 Å². The van der Waals surface area contributed by atoms with Crippen molar-refractivity contribution in [1.29, 1.82) is 0 Å². The van der Waals surface area contributed by atoms with E-state index in [1.165, 1.54) is 97.6 Å². The zero-order chi connectivity index (χ0) is 24.7.